The molecule has 0 saturated heterocycles. The van der Waals surface area contributed by atoms with Gasteiger partial charge in [-0.1, -0.05) is 29.4 Å². The van der Waals surface area contributed by atoms with Crippen LogP contribution in [0.1, 0.15) is 0 Å². The molecule has 0 amide bonds. The highest BCUT2D eigenvalue weighted by Gasteiger charge is 2.09. The molecule has 0 saturated carbocycles. The first-order valence-corrected chi connectivity index (χ1v) is 7.52. The highest BCUT2D eigenvalue weighted by molar-refractivity contribution is 7.99. The van der Waals surface area contributed by atoms with E-state index in [0.717, 1.165) is 20.1 Å². The number of aromatic nitrogens is 2. The van der Waals surface area contributed by atoms with E-state index in [1.165, 1.54) is 11.8 Å². The Kier molecular flexibility index (Phi) is 3.43. The van der Waals surface area contributed by atoms with Crippen molar-refractivity contribution in [3.05, 3.63) is 46.0 Å². The molecule has 3 rings (SSSR count). The molecule has 18 heavy (non-hydrogen) atoms. The van der Waals surface area contributed by atoms with Gasteiger partial charge in [0, 0.05) is 15.3 Å². The van der Waals surface area contributed by atoms with Gasteiger partial charge in [0.05, 0.1) is 0 Å². The van der Waals surface area contributed by atoms with Crippen LogP contribution in [0.3, 0.4) is 0 Å². The fourth-order valence-electron chi connectivity index (χ4n) is 1.52. The topological polar surface area (TPSA) is 25.8 Å². The maximum Gasteiger partial charge on any atom is 0.224 e. The van der Waals surface area contributed by atoms with Crippen LogP contribution < -0.4 is 0 Å². The average Bonchev–Trinajstić information content (AvgIpc) is 2.77. The van der Waals surface area contributed by atoms with E-state index in [4.69, 9.17) is 23.2 Å². The molecular weight excluding hydrogens is 307 g/mol. The van der Waals surface area contributed by atoms with Gasteiger partial charge in [-0.15, -0.1) is 11.3 Å². The van der Waals surface area contributed by atoms with E-state index in [9.17, 15) is 0 Å². The van der Waals surface area contributed by atoms with Gasteiger partial charge in [-0.2, -0.15) is 0 Å². The van der Waals surface area contributed by atoms with E-state index in [-0.39, 0.29) is 5.28 Å². The second-order valence-corrected chi connectivity index (χ2v) is 6.23. The quantitative estimate of drug-likeness (QED) is 0.483. The summed E-state index contributed by atoms with van der Waals surface area (Å²) in [5.41, 5.74) is 0. The highest BCUT2D eigenvalue weighted by Crippen LogP contribution is 2.34. The fourth-order valence-corrected chi connectivity index (χ4v) is 3.84. The summed E-state index contributed by atoms with van der Waals surface area (Å²) in [6.07, 6.45) is 0. The van der Waals surface area contributed by atoms with E-state index in [0.29, 0.717) is 5.02 Å². The molecule has 2 aromatic heterocycles. The Morgan fingerprint density at radius 3 is 2.83 bits per heavy atom. The van der Waals surface area contributed by atoms with Gasteiger partial charge in [0.15, 0.2) is 0 Å². The number of fused-ring (bicyclic) bond motifs is 1. The maximum absolute atomic E-state index is 5.97. The van der Waals surface area contributed by atoms with E-state index >= 15 is 0 Å². The molecule has 0 spiro atoms. The van der Waals surface area contributed by atoms with Gasteiger partial charge in [-0.3, -0.25) is 0 Å². The van der Waals surface area contributed by atoms with Crippen LogP contribution in [0.4, 0.5) is 0 Å². The largest absolute Gasteiger partial charge is 0.224 e. The summed E-state index contributed by atoms with van der Waals surface area (Å²) < 4.78 is 0. The molecule has 0 N–H and O–H groups in total. The van der Waals surface area contributed by atoms with Crippen molar-refractivity contribution in [2.24, 2.45) is 0 Å². The summed E-state index contributed by atoms with van der Waals surface area (Å²) in [6.45, 7) is 0. The molecule has 0 aliphatic carbocycles. The van der Waals surface area contributed by atoms with Crippen LogP contribution in [0.2, 0.25) is 10.3 Å². The van der Waals surface area contributed by atoms with E-state index in [1.807, 2.05) is 35.7 Å². The number of thiophene rings is 1. The lowest BCUT2D eigenvalue weighted by molar-refractivity contribution is 1.11. The standard InChI is InChI=1S/C12H6Cl2N2S2/c13-7-2-1-3-8(6-7)18-11-9-4-5-17-10(9)15-12(14)16-11/h1-6H. The minimum absolute atomic E-state index is 0.273. The molecule has 1 aromatic carbocycles. The Hall–Kier alpha value is -0.810. The SMILES string of the molecule is Clc1cccc(Sc2nc(Cl)nc3sccc23)c1. The lowest BCUT2D eigenvalue weighted by Gasteiger charge is -2.03. The molecule has 0 fully saturated rings. The van der Waals surface area contributed by atoms with Gasteiger partial charge in [0.25, 0.3) is 0 Å². The number of benzene rings is 1. The summed E-state index contributed by atoms with van der Waals surface area (Å²) in [7, 11) is 0. The molecule has 0 aliphatic rings. The fraction of sp³-hybridized carbons (Fsp3) is 0. The third-order valence-electron chi connectivity index (χ3n) is 2.27. The minimum atomic E-state index is 0.273. The number of halogens is 2. The smallest absolute Gasteiger partial charge is 0.210 e. The van der Waals surface area contributed by atoms with Crippen molar-refractivity contribution in [1.29, 1.82) is 0 Å². The van der Waals surface area contributed by atoms with Crippen molar-refractivity contribution in [2.75, 3.05) is 0 Å². The van der Waals surface area contributed by atoms with Crippen LogP contribution in [0, 0.1) is 0 Å². The maximum atomic E-state index is 5.97. The Labute approximate surface area is 122 Å². The molecule has 0 radical (unpaired) electrons. The Morgan fingerprint density at radius 2 is 2.00 bits per heavy atom. The molecule has 0 aliphatic heterocycles. The second kappa shape index (κ2) is 5.05. The Balaban J connectivity index is 2.06. The molecule has 2 heterocycles. The van der Waals surface area contributed by atoms with Crippen LogP contribution in [-0.4, -0.2) is 9.97 Å². The third kappa shape index (κ3) is 2.47. The summed E-state index contributed by atoms with van der Waals surface area (Å²) in [6, 6.07) is 9.66. The number of hydrogen-bond acceptors (Lipinski definition) is 4. The zero-order chi connectivity index (χ0) is 12.5. The van der Waals surface area contributed by atoms with Gasteiger partial charge in [-0.25, -0.2) is 9.97 Å². The molecule has 0 bridgehead atoms. The third-order valence-corrected chi connectivity index (χ3v) is 4.48. The van der Waals surface area contributed by atoms with Crippen LogP contribution in [-0.2, 0) is 0 Å². The number of hydrogen-bond donors (Lipinski definition) is 0. The predicted molar refractivity (Wildman–Crippen MR) is 78.0 cm³/mol. The normalized spacial score (nSPS) is 11.0. The highest BCUT2D eigenvalue weighted by atomic mass is 35.5. The first kappa shape index (κ1) is 12.2. The molecule has 0 unspecified atom stereocenters. The van der Waals surface area contributed by atoms with Crippen molar-refractivity contribution < 1.29 is 0 Å². The van der Waals surface area contributed by atoms with Gasteiger partial charge in [0.1, 0.15) is 9.86 Å². The predicted octanol–water partition coefficient (Wildman–Crippen LogP) is 5.15. The average molecular weight is 313 g/mol. The van der Waals surface area contributed by atoms with E-state index in [1.54, 1.807) is 11.3 Å². The van der Waals surface area contributed by atoms with Gasteiger partial charge >= 0.3 is 0 Å². The van der Waals surface area contributed by atoms with E-state index in [2.05, 4.69) is 9.97 Å². The van der Waals surface area contributed by atoms with Crippen LogP contribution >= 0.6 is 46.3 Å². The summed E-state index contributed by atoms with van der Waals surface area (Å²) >= 11 is 15.0. The Morgan fingerprint density at radius 1 is 1.11 bits per heavy atom. The molecule has 90 valence electrons. The van der Waals surface area contributed by atoms with Crippen LogP contribution in [0.25, 0.3) is 10.2 Å². The lowest BCUT2D eigenvalue weighted by atomic mass is 10.4. The molecule has 6 heteroatoms. The zero-order valence-electron chi connectivity index (χ0n) is 8.93. The van der Waals surface area contributed by atoms with Gasteiger partial charge < -0.3 is 0 Å². The summed E-state index contributed by atoms with van der Waals surface area (Å²) in [5.74, 6) is 0. The van der Waals surface area contributed by atoms with Crippen molar-refractivity contribution in [1.82, 2.24) is 9.97 Å². The first-order chi connectivity index (χ1) is 8.72. The van der Waals surface area contributed by atoms with Crippen molar-refractivity contribution >= 4 is 56.5 Å². The summed E-state index contributed by atoms with van der Waals surface area (Å²) in [5, 5.41) is 4.84. The lowest BCUT2D eigenvalue weighted by Crippen LogP contribution is -1.86. The monoisotopic (exact) mass is 312 g/mol. The van der Waals surface area contributed by atoms with Gasteiger partial charge in [-0.05, 0) is 41.2 Å². The second-order valence-electron chi connectivity index (χ2n) is 3.50. The van der Waals surface area contributed by atoms with Crippen molar-refractivity contribution in [2.45, 2.75) is 9.92 Å². The molecular formula is C12H6Cl2N2S2. The van der Waals surface area contributed by atoms with Gasteiger partial charge in [0.2, 0.25) is 5.28 Å². The first-order valence-electron chi connectivity index (χ1n) is 5.06. The van der Waals surface area contributed by atoms with Crippen LogP contribution in [0.15, 0.2) is 45.6 Å². The molecule has 3 aromatic rings. The number of rotatable bonds is 2. The molecule has 2 nitrogen and oxygen atoms in total. The van der Waals surface area contributed by atoms with Crippen molar-refractivity contribution in [3.8, 4) is 0 Å². The van der Waals surface area contributed by atoms with Crippen LogP contribution in [0.5, 0.6) is 0 Å². The summed E-state index contributed by atoms with van der Waals surface area (Å²) in [4.78, 5) is 10.4. The minimum Gasteiger partial charge on any atom is -0.210 e. The van der Waals surface area contributed by atoms with Crippen molar-refractivity contribution in [3.63, 3.8) is 0 Å². The van der Waals surface area contributed by atoms with E-state index < -0.39 is 0 Å². The number of nitrogens with zero attached hydrogens (tertiary/aromatic N) is 2. The zero-order valence-corrected chi connectivity index (χ0v) is 12.1. The Bertz CT molecular complexity index is 712. The molecule has 0 atom stereocenters.